The Balaban J connectivity index is 2.54. The molecule has 1 aliphatic carbocycles. The van der Waals surface area contributed by atoms with Crippen molar-refractivity contribution in [3.8, 4) is 0 Å². The summed E-state index contributed by atoms with van der Waals surface area (Å²) in [7, 11) is 0. The van der Waals surface area contributed by atoms with Gasteiger partial charge in [0.2, 0.25) is 0 Å². The Labute approximate surface area is 94.6 Å². The van der Waals surface area contributed by atoms with Crippen LogP contribution in [0.4, 0.5) is 0 Å². The molecule has 0 saturated heterocycles. The molecule has 0 radical (unpaired) electrons. The fourth-order valence-electron chi connectivity index (χ4n) is 1.57. The molecule has 0 unspecified atom stereocenters. The number of rotatable bonds is 4. The van der Waals surface area contributed by atoms with Crippen LogP contribution in [0, 0.1) is 0 Å². The average Bonchev–Trinajstić information content (AvgIpc) is 2.23. The molecule has 0 aromatic carbocycles. The first kappa shape index (κ1) is 12.5. The lowest BCUT2D eigenvalue weighted by Gasteiger charge is -2.13. The number of allylic oxidation sites excluding steroid dienone is 3. The first-order valence-electron chi connectivity index (χ1n) is 5.42. The second-order valence-electron chi connectivity index (χ2n) is 3.56. The highest BCUT2D eigenvalue weighted by Gasteiger charge is 2.18. The Bertz CT molecular complexity index is 339. The van der Waals surface area contributed by atoms with Crippen LogP contribution in [0.5, 0.6) is 0 Å². The number of hydrogen-bond acceptors (Lipinski definition) is 4. The number of hydrogen-bond donors (Lipinski definition) is 1. The molecular formula is C12H16O4. The Kier molecular flexibility index (Phi) is 4.76. The molecule has 0 bridgehead atoms. The molecule has 1 rings (SSSR count). The SMILES string of the molecule is CCOC(=O)C=CCC1=C(O)CCCC1=O. The summed E-state index contributed by atoms with van der Waals surface area (Å²) in [5.41, 5.74) is 0.423. The summed E-state index contributed by atoms with van der Waals surface area (Å²) in [6.07, 6.45) is 4.86. The Morgan fingerprint density at radius 2 is 2.25 bits per heavy atom. The van der Waals surface area contributed by atoms with E-state index in [2.05, 4.69) is 0 Å². The monoisotopic (exact) mass is 224 g/mol. The van der Waals surface area contributed by atoms with Gasteiger partial charge in [-0.1, -0.05) is 6.08 Å². The first-order chi connectivity index (χ1) is 7.65. The van der Waals surface area contributed by atoms with E-state index in [0.717, 1.165) is 0 Å². The van der Waals surface area contributed by atoms with Crippen molar-refractivity contribution >= 4 is 11.8 Å². The van der Waals surface area contributed by atoms with Crippen molar-refractivity contribution in [2.75, 3.05) is 6.61 Å². The molecule has 0 atom stereocenters. The van der Waals surface area contributed by atoms with Gasteiger partial charge in [-0.05, 0) is 19.8 Å². The second kappa shape index (κ2) is 6.10. The van der Waals surface area contributed by atoms with E-state index < -0.39 is 5.97 Å². The molecule has 0 saturated carbocycles. The van der Waals surface area contributed by atoms with E-state index in [1.807, 2.05) is 0 Å². The molecule has 1 aliphatic rings. The van der Waals surface area contributed by atoms with E-state index in [1.54, 1.807) is 13.0 Å². The largest absolute Gasteiger partial charge is 0.512 e. The number of carbonyl (C=O) groups is 2. The standard InChI is InChI=1S/C12H16O4/c1-2-16-12(15)8-3-5-9-10(13)6-4-7-11(9)14/h3,8,13H,2,4-7H2,1H3. The molecule has 0 aromatic rings. The van der Waals surface area contributed by atoms with Crippen LogP contribution in [-0.4, -0.2) is 23.5 Å². The van der Waals surface area contributed by atoms with Gasteiger partial charge in [0.25, 0.3) is 0 Å². The van der Waals surface area contributed by atoms with Crippen molar-refractivity contribution in [1.82, 2.24) is 0 Å². The van der Waals surface area contributed by atoms with Crippen molar-refractivity contribution in [3.63, 3.8) is 0 Å². The number of carbonyl (C=O) groups excluding carboxylic acids is 2. The van der Waals surface area contributed by atoms with Gasteiger partial charge in [-0.3, -0.25) is 4.79 Å². The fraction of sp³-hybridized carbons (Fsp3) is 0.500. The van der Waals surface area contributed by atoms with Gasteiger partial charge >= 0.3 is 5.97 Å². The van der Waals surface area contributed by atoms with Gasteiger partial charge in [-0.25, -0.2) is 4.79 Å². The fourth-order valence-corrected chi connectivity index (χ4v) is 1.57. The van der Waals surface area contributed by atoms with Crippen LogP contribution < -0.4 is 0 Å². The zero-order chi connectivity index (χ0) is 12.0. The number of Topliss-reactive ketones (excluding diaryl/α,β-unsaturated/α-hetero) is 1. The summed E-state index contributed by atoms with van der Waals surface area (Å²) >= 11 is 0. The molecule has 1 N–H and O–H groups in total. The highest BCUT2D eigenvalue weighted by Crippen LogP contribution is 2.22. The van der Waals surface area contributed by atoms with E-state index >= 15 is 0 Å². The van der Waals surface area contributed by atoms with Gasteiger partial charge in [-0.15, -0.1) is 0 Å². The first-order valence-corrected chi connectivity index (χ1v) is 5.42. The van der Waals surface area contributed by atoms with E-state index in [4.69, 9.17) is 4.74 Å². The normalized spacial score (nSPS) is 16.9. The van der Waals surface area contributed by atoms with Gasteiger partial charge < -0.3 is 9.84 Å². The van der Waals surface area contributed by atoms with E-state index in [-0.39, 0.29) is 11.5 Å². The highest BCUT2D eigenvalue weighted by atomic mass is 16.5. The van der Waals surface area contributed by atoms with E-state index in [9.17, 15) is 14.7 Å². The Morgan fingerprint density at radius 1 is 1.50 bits per heavy atom. The smallest absolute Gasteiger partial charge is 0.330 e. The predicted octanol–water partition coefficient (Wildman–Crippen LogP) is 2.06. The molecule has 4 heteroatoms. The van der Waals surface area contributed by atoms with Gasteiger partial charge in [0, 0.05) is 24.5 Å². The van der Waals surface area contributed by atoms with Crippen LogP contribution in [0.3, 0.4) is 0 Å². The summed E-state index contributed by atoms with van der Waals surface area (Å²) in [5.74, 6) is -0.298. The molecule has 0 amide bonds. The zero-order valence-electron chi connectivity index (χ0n) is 9.36. The third kappa shape index (κ3) is 3.53. The lowest BCUT2D eigenvalue weighted by atomic mass is 9.94. The van der Waals surface area contributed by atoms with Crippen LogP contribution in [0.15, 0.2) is 23.5 Å². The summed E-state index contributed by atoms with van der Waals surface area (Å²) in [4.78, 5) is 22.4. The predicted molar refractivity (Wildman–Crippen MR) is 58.9 cm³/mol. The lowest BCUT2D eigenvalue weighted by Crippen LogP contribution is -2.11. The summed E-state index contributed by atoms with van der Waals surface area (Å²) in [6.45, 7) is 2.06. The van der Waals surface area contributed by atoms with Gasteiger partial charge in [-0.2, -0.15) is 0 Å². The minimum Gasteiger partial charge on any atom is -0.512 e. The molecule has 4 nitrogen and oxygen atoms in total. The Hall–Kier alpha value is -1.58. The molecule has 0 heterocycles. The van der Waals surface area contributed by atoms with Crippen LogP contribution in [0.1, 0.15) is 32.6 Å². The Morgan fingerprint density at radius 3 is 2.88 bits per heavy atom. The average molecular weight is 224 g/mol. The van der Waals surface area contributed by atoms with Crippen molar-refractivity contribution in [1.29, 1.82) is 0 Å². The van der Waals surface area contributed by atoms with E-state index in [0.29, 0.717) is 37.9 Å². The number of ether oxygens (including phenoxy) is 1. The van der Waals surface area contributed by atoms with Crippen molar-refractivity contribution in [2.45, 2.75) is 32.6 Å². The maximum atomic E-state index is 11.4. The van der Waals surface area contributed by atoms with Gasteiger partial charge in [0.15, 0.2) is 5.78 Å². The minimum atomic E-state index is -0.425. The van der Waals surface area contributed by atoms with Crippen LogP contribution in [-0.2, 0) is 14.3 Å². The topological polar surface area (TPSA) is 63.6 Å². The molecular weight excluding hydrogens is 208 g/mol. The summed E-state index contributed by atoms with van der Waals surface area (Å²) < 4.78 is 4.70. The molecule has 88 valence electrons. The maximum Gasteiger partial charge on any atom is 0.330 e. The number of aliphatic hydroxyl groups excluding tert-OH is 1. The maximum absolute atomic E-state index is 11.4. The third-order valence-electron chi connectivity index (χ3n) is 2.36. The number of esters is 1. The van der Waals surface area contributed by atoms with E-state index in [1.165, 1.54) is 6.08 Å². The van der Waals surface area contributed by atoms with Crippen LogP contribution >= 0.6 is 0 Å². The van der Waals surface area contributed by atoms with Crippen LogP contribution in [0.25, 0.3) is 0 Å². The van der Waals surface area contributed by atoms with Gasteiger partial charge in [0.05, 0.1) is 12.4 Å². The van der Waals surface area contributed by atoms with Crippen LogP contribution in [0.2, 0.25) is 0 Å². The zero-order valence-corrected chi connectivity index (χ0v) is 9.36. The minimum absolute atomic E-state index is 0.0303. The molecule has 16 heavy (non-hydrogen) atoms. The molecule has 0 aliphatic heterocycles. The van der Waals surface area contributed by atoms with Crippen molar-refractivity contribution in [3.05, 3.63) is 23.5 Å². The van der Waals surface area contributed by atoms with Gasteiger partial charge in [0.1, 0.15) is 0 Å². The highest BCUT2D eigenvalue weighted by molar-refractivity contribution is 5.96. The molecule has 0 spiro atoms. The quantitative estimate of drug-likeness (QED) is 0.586. The summed E-state index contributed by atoms with van der Waals surface area (Å²) in [6, 6.07) is 0. The lowest BCUT2D eigenvalue weighted by molar-refractivity contribution is -0.137. The third-order valence-corrected chi connectivity index (χ3v) is 2.36. The van der Waals surface area contributed by atoms with Crippen molar-refractivity contribution < 1.29 is 19.4 Å². The number of ketones is 1. The molecule has 0 aromatic heterocycles. The number of aliphatic hydroxyl groups is 1. The summed E-state index contributed by atoms with van der Waals surface area (Å²) in [5, 5.41) is 9.52. The van der Waals surface area contributed by atoms with Crippen molar-refractivity contribution in [2.24, 2.45) is 0 Å². The molecule has 0 fully saturated rings. The second-order valence-corrected chi connectivity index (χ2v) is 3.56.